The number of nitrogens with zero attached hydrogens (tertiary/aromatic N) is 2. The number of amides is 2. The minimum absolute atomic E-state index is 0.0883. The largest absolute Gasteiger partial charge is 0.480 e. The highest BCUT2D eigenvalue weighted by Crippen LogP contribution is 2.44. The molecule has 9 nitrogen and oxygen atoms in total. The van der Waals surface area contributed by atoms with E-state index in [0.29, 0.717) is 5.56 Å². The number of aromatic nitrogens is 2. The Balaban J connectivity index is 1.49. The summed E-state index contributed by atoms with van der Waals surface area (Å²) in [6, 6.07) is 13.7. The number of carbonyl (C=O) groups is 3. The summed E-state index contributed by atoms with van der Waals surface area (Å²) >= 11 is 0. The molecule has 2 amide bonds. The van der Waals surface area contributed by atoms with Crippen molar-refractivity contribution in [1.29, 1.82) is 0 Å². The van der Waals surface area contributed by atoms with Gasteiger partial charge in [-0.1, -0.05) is 62.4 Å². The number of aryl methyl sites for hydroxylation is 1. The first-order valence-corrected chi connectivity index (χ1v) is 11.4. The molecule has 0 bridgehead atoms. The van der Waals surface area contributed by atoms with Crippen molar-refractivity contribution in [2.45, 2.75) is 31.8 Å². The molecule has 1 aromatic heterocycles. The number of alkyl carbamates (subject to hydrolysis) is 1. The summed E-state index contributed by atoms with van der Waals surface area (Å²) in [7, 11) is 1.68. The molecule has 2 unspecified atom stereocenters. The Hall–Kier alpha value is -4.14. The number of carbonyl (C=O) groups excluding carboxylic acids is 2. The van der Waals surface area contributed by atoms with Crippen LogP contribution in [0.25, 0.3) is 11.1 Å². The molecule has 182 valence electrons. The minimum Gasteiger partial charge on any atom is -0.480 e. The smallest absolute Gasteiger partial charge is 0.408 e. The SMILES string of the molecule is CC(C)C(NC(=O)C(NC(=O)OCC1c2ccccc2-c2ccccc21)c1cnn(C)c1)C(=O)O. The van der Waals surface area contributed by atoms with Crippen LogP contribution < -0.4 is 10.6 Å². The van der Waals surface area contributed by atoms with E-state index < -0.39 is 30.1 Å². The molecule has 0 saturated heterocycles. The Morgan fingerprint density at radius 1 is 1.03 bits per heavy atom. The van der Waals surface area contributed by atoms with Crippen molar-refractivity contribution in [3.8, 4) is 11.1 Å². The van der Waals surface area contributed by atoms with Crippen molar-refractivity contribution < 1.29 is 24.2 Å². The molecule has 3 N–H and O–H groups in total. The molecule has 2 aromatic carbocycles. The van der Waals surface area contributed by atoms with E-state index in [2.05, 4.69) is 15.7 Å². The highest BCUT2D eigenvalue weighted by Gasteiger charge is 2.32. The second-order valence-corrected chi connectivity index (χ2v) is 8.92. The third kappa shape index (κ3) is 5.03. The molecule has 35 heavy (non-hydrogen) atoms. The topological polar surface area (TPSA) is 123 Å². The van der Waals surface area contributed by atoms with Gasteiger partial charge in [-0.15, -0.1) is 0 Å². The van der Waals surface area contributed by atoms with Crippen LogP contribution in [0.5, 0.6) is 0 Å². The zero-order valence-corrected chi connectivity index (χ0v) is 19.8. The van der Waals surface area contributed by atoms with Gasteiger partial charge in [0, 0.05) is 24.7 Å². The Morgan fingerprint density at radius 2 is 1.63 bits per heavy atom. The van der Waals surface area contributed by atoms with Crippen LogP contribution in [0.15, 0.2) is 60.9 Å². The molecule has 0 saturated carbocycles. The number of carboxylic acid groups (broad SMARTS) is 1. The van der Waals surface area contributed by atoms with Gasteiger partial charge in [-0.25, -0.2) is 9.59 Å². The van der Waals surface area contributed by atoms with Crippen LogP contribution in [0.3, 0.4) is 0 Å². The van der Waals surface area contributed by atoms with E-state index >= 15 is 0 Å². The summed E-state index contributed by atoms with van der Waals surface area (Å²) in [5, 5.41) is 18.6. The van der Waals surface area contributed by atoms with Crippen molar-refractivity contribution in [3.05, 3.63) is 77.6 Å². The molecular formula is C26H28N4O5. The number of hydrogen-bond donors (Lipinski definition) is 3. The molecule has 9 heteroatoms. The summed E-state index contributed by atoms with van der Waals surface area (Å²) in [6.45, 7) is 3.47. The fourth-order valence-corrected chi connectivity index (χ4v) is 4.40. The van der Waals surface area contributed by atoms with Crippen LogP contribution in [0.1, 0.15) is 42.5 Å². The maximum absolute atomic E-state index is 13.0. The summed E-state index contributed by atoms with van der Waals surface area (Å²) in [5.74, 6) is -2.29. The van der Waals surface area contributed by atoms with Crippen LogP contribution in [-0.2, 0) is 21.4 Å². The number of fused-ring (bicyclic) bond motifs is 3. The lowest BCUT2D eigenvalue weighted by molar-refractivity contribution is -0.143. The predicted octanol–water partition coefficient (Wildman–Crippen LogP) is 3.23. The lowest BCUT2D eigenvalue weighted by Gasteiger charge is -2.23. The van der Waals surface area contributed by atoms with Crippen molar-refractivity contribution in [2.24, 2.45) is 13.0 Å². The third-order valence-electron chi connectivity index (χ3n) is 6.16. The highest BCUT2D eigenvalue weighted by atomic mass is 16.5. The van der Waals surface area contributed by atoms with Gasteiger partial charge in [0.1, 0.15) is 18.7 Å². The van der Waals surface area contributed by atoms with E-state index in [4.69, 9.17) is 4.74 Å². The van der Waals surface area contributed by atoms with E-state index in [1.54, 1.807) is 27.1 Å². The van der Waals surface area contributed by atoms with Gasteiger partial charge < -0.3 is 20.5 Å². The van der Waals surface area contributed by atoms with E-state index in [0.717, 1.165) is 22.3 Å². The van der Waals surface area contributed by atoms with Gasteiger partial charge in [0.2, 0.25) is 5.91 Å². The van der Waals surface area contributed by atoms with Crippen LogP contribution in [0.2, 0.25) is 0 Å². The van der Waals surface area contributed by atoms with Crippen LogP contribution in [-0.4, -0.2) is 45.5 Å². The van der Waals surface area contributed by atoms with Crippen molar-refractivity contribution >= 4 is 18.0 Å². The number of carboxylic acids is 1. The number of hydrogen-bond acceptors (Lipinski definition) is 5. The van der Waals surface area contributed by atoms with E-state index in [9.17, 15) is 19.5 Å². The molecule has 1 aliphatic rings. The van der Waals surface area contributed by atoms with Gasteiger partial charge in [0.15, 0.2) is 0 Å². The predicted molar refractivity (Wildman–Crippen MR) is 129 cm³/mol. The molecule has 1 heterocycles. The van der Waals surface area contributed by atoms with Gasteiger partial charge >= 0.3 is 12.1 Å². The second-order valence-electron chi connectivity index (χ2n) is 8.92. The Morgan fingerprint density at radius 3 is 2.14 bits per heavy atom. The third-order valence-corrected chi connectivity index (χ3v) is 6.16. The molecule has 1 aliphatic carbocycles. The molecule has 2 atom stereocenters. The molecule has 0 radical (unpaired) electrons. The first kappa shape index (κ1) is 24.0. The van der Waals surface area contributed by atoms with E-state index in [1.165, 1.54) is 10.9 Å². The molecule has 4 rings (SSSR count). The van der Waals surface area contributed by atoms with Gasteiger partial charge in [0.25, 0.3) is 0 Å². The number of nitrogens with one attached hydrogen (secondary N) is 2. The van der Waals surface area contributed by atoms with Crippen molar-refractivity contribution in [2.75, 3.05) is 6.61 Å². The average Bonchev–Trinajstić information content (AvgIpc) is 3.40. The van der Waals surface area contributed by atoms with E-state index in [1.807, 2.05) is 48.5 Å². The average molecular weight is 477 g/mol. The molecule has 0 spiro atoms. The van der Waals surface area contributed by atoms with Gasteiger partial charge in [-0.05, 0) is 28.2 Å². The zero-order valence-electron chi connectivity index (χ0n) is 19.8. The molecule has 0 fully saturated rings. The number of ether oxygens (including phenoxy) is 1. The Labute approximate surface area is 203 Å². The van der Waals surface area contributed by atoms with Crippen molar-refractivity contribution in [3.63, 3.8) is 0 Å². The maximum Gasteiger partial charge on any atom is 0.408 e. The molecule has 3 aromatic rings. The molecular weight excluding hydrogens is 448 g/mol. The van der Waals surface area contributed by atoms with E-state index in [-0.39, 0.29) is 18.4 Å². The number of benzene rings is 2. The standard InChI is InChI=1S/C26H28N4O5/c1-15(2)22(25(32)33)28-24(31)23(16-12-27-30(3)13-16)29-26(34)35-14-21-19-10-6-4-8-17(19)18-9-5-7-11-20(18)21/h4-13,15,21-23H,14H2,1-3H3,(H,28,31)(H,29,34)(H,32,33). The normalized spacial score (nSPS) is 14.1. The summed E-state index contributed by atoms with van der Waals surface area (Å²) in [6.07, 6.45) is 2.24. The van der Waals surface area contributed by atoms with Gasteiger partial charge in [-0.3, -0.25) is 9.48 Å². The van der Waals surface area contributed by atoms with Crippen molar-refractivity contribution in [1.82, 2.24) is 20.4 Å². The monoisotopic (exact) mass is 476 g/mol. The second kappa shape index (κ2) is 10.0. The first-order chi connectivity index (χ1) is 16.8. The summed E-state index contributed by atoms with van der Waals surface area (Å²) in [5.41, 5.74) is 4.77. The minimum atomic E-state index is -1.17. The van der Waals surface area contributed by atoms with Gasteiger partial charge in [0.05, 0.1) is 6.20 Å². The quantitative estimate of drug-likeness (QED) is 0.459. The molecule has 0 aliphatic heterocycles. The first-order valence-electron chi connectivity index (χ1n) is 11.4. The Kier molecular flexibility index (Phi) is 6.86. The van der Waals surface area contributed by atoms with Crippen LogP contribution in [0, 0.1) is 5.92 Å². The number of rotatable bonds is 8. The summed E-state index contributed by atoms with van der Waals surface area (Å²) in [4.78, 5) is 37.4. The summed E-state index contributed by atoms with van der Waals surface area (Å²) < 4.78 is 7.07. The van der Waals surface area contributed by atoms with Crippen LogP contribution >= 0.6 is 0 Å². The fraction of sp³-hybridized carbons (Fsp3) is 0.308. The number of aliphatic carboxylic acids is 1. The maximum atomic E-state index is 13.0. The Bertz CT molecular complexity index is 1210. The van der Waals surface area contributed by atoms with Crippen LogP contribution in [0.4, 0.5) is 4.79 Å². The fourth-order valence-electron chi connectivity index (χ4n) is 4.40. The van der Waals surface area contributed by atoms with Gasteiger partial charge in [-0.2, -0.15) is 5.10 Å². The lowest BCUT2D eigenvalue weighted by atomic mass is 9.98. The zero-order chi connectivity index (χ0) is 25.1. The highest BCUT2D eigenvalue weighted by molar-refractivity contribution is 5.90. The lowest BCUT2D eigenvalue weighted by Crippen LogP contribution is -2.49.